The lowest BCUT2D eigenvalue weighted by Crippen LogP contribution is -2.33. The molecule has 2 rings (SSSR count). The Balaban J connectivity index is 1.98. The zero-order chi connectivity index (χ0) is 18.9. The molecule has 5 heteroatoms. The fourth-order valence-electron chi connectivity index (χ4n) is 2.30. The van der Waals surface area contributed by atoms with Crippen molar-refractivity contribution in [2.75, 3.05) is 5.32 Å². The highest BCUT2D eigenvalue weighted by atomic mass is 32.2. The maximum absolute atomic E-state index is 12.5. The van der Waals surface area contributed by atoms with Crippen LogP contribution in [0.5, 0.6) is 0 Å². The van der Waals surface area contributed by atoms with Crippen LogP contribution in [0.1, 0.15) is 43.1 Å². The van der Waals surface area contributed by atoms with Gasteiger partial charge in [-0.25, -0.2) is 0 Å². The molecule has 0 saturated heterocycles. The number of carbonyl (C=O) groups excluding carboxylic acids is 2. The van der Waals surface area contributed by atoms with E-state index in [0.29, 0.717) is 11.3 Å². The molecular weight excluding hydrogens is 344 g/mol. The molecule has 26 heavy (non-hydrogen) atoms. The van der Waals surface area contributed by atoms with Gasteiger partial charge in [0, 0.05) is 11.8 Å². The van der Waals surface area contributed by atoms with Gasteiger partial charge in [-0.3, -0.25) is 9.59 Å². The molecule has 0 radical (unpaired) electrons. The summed E-state index contributed by atoms with van der Waals surface area (Å²) in [5.41, 5.74) is 2.22. The fourth-order valence-corrected chi connectivity index (χ4v) is 3.14. The quantitative estimate of drug-likeness (QED) is 0.720. The average Bonchev–Trinajstić information content (AvgIpc) is 2.67. The predicted molar refractivity (Wildman–Crippen MR) is 109 cm³/mol. The van der Waals surface area contributed by atoms with Crippen molar-refractivity contribution < 1.29 is 9.59 Å². The molecule has 0 unspecified atom stereocenters. The van der Waals surface area contributed by atoms with Gasteiger partial charge in [0.1, 0.15) is 0 Å². The molecule has 2 N–H and O–H groups in total. The normalized spacial score (nSPS) is 12.9. The minimum atomic E-state index is -0.221. The van der Waals surface area contributed by atoms with Crippen LogP contribution < -0.4 is 10.6 Å². The molecule has 2 atom stereocenters. The van der Waals surface area contributed by atoms with E-state index in [1.165, 1.54) is 5.56 Å². The number of hydrogen-bond acceptors (Lipinski definition) is 3. The molecule has 0 fully saturated rings. The summed E-state index contributed by atoms with van der Waals surface area (Å²) < 4.78 is 0. The number of rotatable bonds is 8. The van der Waals surface area contributed by atoms with Gasteiger partial charge in [-0.1, -0.05) is 49.4 Å². The second-order valence-corrected chi connectivity index (χ2v) is 7.59. The number of amides is 2. The van der Waals surface area contributed by atoms with Crippen LogP contribution in [0.15, 0.2) is 54.6 Å². The highest BCUT2D eigenvalue weighted by Crippen LogP contribution is 2.21. The van der Waals surface area contributed by atoms with Crippen LogP contribution >= 0.6 is 11.8 Å². The van der Waals surface area contributed by atoms with E-state index >= 15 is 0 Å². The lowest BCUT2D eigenvalue weighted by molar-refractivity contribution is -0.115. The van der Waals surface area contributed by atoms with Gasteiger partial charge in [0.05, 0.1) is 16.5 Å². The molecule has 0 saturated carbocycles. The zero-order valence-corrected chi connectivity index (χ0v) is 16.3. The smallest absolute Gasteiger partial charge is 0.253 e. The SMILES string of the molecule is CC[C@@H](C)NC(=O)c1ccccc1NC(=O)[C@H](C)SCc1ccccc1. The Morgan fingerprint density at radius 1 is 1.00 bits per heavy atom. The van der Waals surface area contributed by atoms with Crippen molar-refractivity contribution in [2.24, 2.45) is 0 Å². The van der Waals surface area contributed by atoms with Crippen LogP contribution in [-0.2, 0) is 10.5 Å². The Bertz CT molecular complexity index is 734. The molecule has 0 aliphatic carbocycles. The summed E-state index contributed by atoms with van der Waals surface area (Å²) in [6, 6.07) is 17.3. The predicted octanol–water partition coefficient (Wildman–Crippen LogP) is 4.48. The number of para-hydroxylation sites is 1. The lowest BCUT2D eigenvalue weighted by atomic mass is 10.1. The summed E-state index contributed by atoms with van der Waals surface area (Å²) in [6.45, 7) is 5.86. The molecule has 2 amide bonds. The molecule has 0 aliphatic rings. The number of thioether (sulfide) groups is 1. The first-order chi connectivity index (χ1) is 12.5. The lowest BCUT2D eigenvalue weighted by Gasteiger charge is -2.16. The first-order valence-corrected chi connectivity index (χ1v) is 9.92. The number of hydrogen-bond donors (Lipinski definition) is 2. The number of carbonyl (C=O) groups is 2. The zero-order valence-electron chi connectivity index (χ0n) is 15.5. The Morgan fingerprint density at radius 3 is 2.35 bits per heavy atom. The summed E-state index contributed by atoms with van der Waals surface area (Å²) in [4.78, 5) is 25.0. The van der Waals surface area contributed by atoms with Crippen LogP contribution in [-0.4, -0.2) is 23.1 Å². The van der Waals surface area contributed by atoms with Gasteiger partial charge in [0.2, 0.25) is 5.91 Å². The van der Waals surface area contributed by atoms with Gasteiger partial charge in [-0.2, -0.15) is 0 Å². The highest BCUT2D eigenvalue weighted by Gasteiger charge is 2.18. The van der Waals surface area contributed by atoms with E-state index in [1.54, 1.807) is 30.0 Å². The second kappa shape index (κ2) is 10.0. The van der Waals surface area contributed by atoms with Gasteiger partial charge in [-0.15, -0.1) is 11.8 Å². The maximum Gasteiger partial charge on any atom is 0.253 e. The molecule has 0 heterocycles. The Hall–Kier alpha value is -2.27. The van der Waals surface area contributed by atoms with Gasteiger partial charge < -0.3 is 10.6 Å². The first-order valence-electron chi connectivity index (χ1n) is 8.87. The van der Waals surface area contributed by atoms with Crippen LogP contribution in [0.2, 0.25) is 0 Å². The van der Waals surface area contributed by atoms with Crippen molar-refractivity contribution in [3.63, 3.8) is 0 Å². The van der Waals surface area contributed by atoms with Crippen molar-refractivity contribution in [1.29, 1.82) is 0 Å². The molecule has 2 aromatic rings. The van der Waals surface area contributed by atoms with Gasteiger partial charge in [-0.05, 0) is 38.0 Å². The summed E-state index contributed by atoms with van der Waals surface area (Å²) >= 11 is 1.57. The molecule has 4 nitrogen and oxygen atoms in total. The summed E-state index contributed by atoms with van der Waals surface area (Å²) in [6.07, 6.45) is 0.855. The Labute approximate surface area is 159 Å². The van der Waals surface area contributed by atoms with Gasteiger partial charge in [0.25, 0.3) is 5.91 Å². The van der Waals surface area contributed by atoms with E-state index in [9.17, 15) is 9.59 Å². The standard InChI is InChI=1S/C21H26N2O2S/c1-4-15(2)22-21(25)18-12-8-9-13-19(18)23-20(24)16(3)26-14-17-10-6-5-7-11-17/h5-13,15-16H,4,14H2,1-3H3,(H,22,25)(H,23,24)/t15-,16+/m1/s1. The van der Waals surface area contributed by atoms with Crippen LogP contribution in [0.3, 0.4) is 0 Å². The van der Waals surface area contributed by atoms with Crippen LogP contribution in [0.4, 0.5) is 5.69 Å². The molecule has 0 aromatic heterocycles. The fraction of sp³-hybridized carbons (Fsp3) is 0.333. The number of benzene rings is 2. The summed E-state index contributed by atoms with van der Waals surface area (Å²) in [5.74, 6) is 0.500. The van der Waals surface area contributed by atoms with Crippen LogP contribution in [0.25, 0.3) is 0 Å². The topological polar surface area (TPSA) is 58.2 Å². The summed E-state index contributed by atoms with van der Waals surface area (Å²) in [5, 5.41) is 5.62. The average molecular weight is 371 g/mol. The minimum Gasteiger partial charge on any atom is -0.350 e. The third-order valence-electron chi connectivity index (χ3n) is 4.13. The number of nitrogens with one attached hydrogen (secondary N) is 2. The van der Waals surface area contributed by atoms with Crippen molar-refractivity contribution in [2.45, 2.75) is 44.2 Å². The van der Waals surface area contributed by atoms with E-state index in [4.69, 9.17) is 0 Å². The second-order valence-electron chi connectivity index (χ2n) is 6.26. The molecule has 0 aliphatic heterocycles. The van der Waals surface area contributed by atoms with Gasteiger partial charge >= 0.3 is 0 Å². The minimum absolute atomic E-state index is 0.0895. The summed E-state index contributed by atoms with van der Waals surface area (Å²) in [7, 11) is 0. The molecule has 138 valence electrons. The van der Waals surface area contributed by atoms with Crippen molar-refractivity contribution >= 4 is 29.3 Å². The molecule has 0 bridgehead atoms. The van der Waals surface area contributed by atoms with E-state index in [1.807, 2.05) is 57.2 Å². The van der Waals surface area contributed by atoms with Crippen molar-refractivity contribution in [3.8, 4) is 0 Å². The van der Waals surface area contributed by atoms with Crippen molar-refractivity contribution in [3.05, 3.63) is 65.7 Å². The largest absolute Gasteiger partial charge is 0.350 e. The Morgan fingerprint density at radius 2 is 1.65 bits per heavy atom. The monoisotopic (exact) mass is 370 g/mol. The van der Waals surface area contributed by atoms with E-state index in [2.05, 4.69) is 10.6 Å². The van der Waals surface area contributed by atoms with Gasteiger partial charge in [0.15, 0.2) is 0 Å². The molecule has 2 aromatic carbocycles. The maximum atomic E-state index is 12.5. The highest BCUT2D eigenvalue weighted by molar-refractivity contribution is 7.99. The van der Waals surface area contributed by atoms with Crippen molar-refractivity contribution in [1.82, 2.24) is 5.32 Å². The molecule has 0 spiro atoms. The van der Waals surface area contributed by atoms with E-state index in [0.717, 1.165) is 12.2 Å². The third-order valence-corrected chi connectivity index (χ3v) is 5.35. The first kappa shape index (κ1) is 20.0. The van der Waals surface area contributed by atoms with E-state index in [-0.39, 0.29) is 23.1 Å². The Kier molecular flexibility index (Phi) is 7.73. The number of anilines is 1. The van der Waals surface area contributed by atoms with E-state index < -0.39 is 0 Å². The third kappa shape index (κ3) is 5.92. The molecular formula is C21H26N2O2S. The van der Waals surface area contributed by atoms with Crippen LogP contribution in [0, 0.1) is 0 Å².